The van der Waals surface area contributed by atoms with Gasteiger partial charge >= 0.3 is 5.97 Å². The van der Waals surface area contributed by atoms with Gasteiger partial charge in [0.05, 0.1) is 10.5 Å². The van der Waals surface area contributed by atoms with E-state index in [0.29, 0.717) is 29.8 Å². The molecule has 0 atom stereocenters. The molecular formula is C16H18N2O4S2. The molecule has 0 aliphatic heterocycles. The summed E-state index contributed by atoms with van der Waals surface area (Å²) < 4.78 is 24.0. The van der Waals surface area contributed by atoms with Crippen molar-refractivity contribution in [3.63, 3.8) is 0 Å². The summed E-state index contributed by atoms with van der Waals surface area (Å²) in [7, 11) is -4.07. The third-order valence-corrected chi connectivity index (χ3v) is 5.56. The van der Waals surface area contributed by atoms with Gasteiger partial charge in [-0.15, -0.1) is 0 Å². The summed E-state index contributed by atoms with van der Waals surface area (Å²) in [5, 5.41) is 14.6. The highest BCUT2D eigenvalue weighted by molar-refractivity contribution is 8.00. The van der Waals surface area contributed by atoms with Gasteiger partial charge in [0, 0.05) is 9.79 Å². The number of nitrogens with two attached hydrogens (primary N) is 2. The quantitative estimate of drug-likeness (QED) is 0.689. The Morgan fingerprint density at radius 3 is 2.38 bits per heavy atom. The smallest absolute Gasteiger partial charge is 0.335 e. The van der Waals surface area contributed by atoms with E-state index in [1.807, 2.05) is 30.3 Å². The van der Waals surface area contributed by atoms with Gasteiger partial charge in [-0.1, -0.05) is 30.0 Å². The fourth-order valence-electron chi connectivity index (χ4n) is 2.20. The van der Waals surface area contributed by atoms with Gasteiger partial charge in [0.2, 0.25) is 10.0 Å². The number of hydrogen-bond acceptors (Lipinski definition) is 5. The number of rotatable bonds is 7. The van der Waals surface area contributed by atoms with E-state index in [0.717, 1.165) is 11.0 Å². The molecule has 0 aromatic heterocycles. The molecule has 0 bridgehead atoms. The van der Waals surface area contributed by atoms with E-state index >= 15 is 0 Å². The Balaban J connectivity index is 2.64. The average Bonchev–Trinajstić information content (AvgIpc) is 2.53. The van der Waals surface area contributed by atoms with Crippen LogP contribution >= 0.6 is 11.8 Å². The third-order valence-electron chi connectivity index (χ3n) is 3.30. The van der Waals surface area contributed by atoms with Crippen LogP contribution in [0.2, 0.25) is 0 Å². The van der Waals surface area contributed by atoms with Crippen molar-refractivity contribution in [2.24, 2.45) is 10.9 Å². The van der Waals surface area contributed by atoms with Crippen molar-refractivity contribution in [3.05, 3.63) is 53.6 Å². The van der Waals surface area contributed by atoms with Crippen molar-refractivity contribution >= 4 is 27.8 Å². The highest BCUT2D eigenvalue weighted by Gasteiger charge is 2.22. The molecule has 6 nitrogen and oxygen atoms in total. The Bertz CT molecular complexity index is 837. The highest BCUT2D eigenvalue weighted by Crippen LogP contribution is 2.36. The molecule has 0 radical (unpaired) electrons. The number of aromatic carboxylic acids is 1. The maximum absolute atomic E-state index is 12.0. The van der Waals surface area contributed by atoms with Crippen molar-refractivity contribution in [2.45, 2.75) is 27.5 Å². The minimum absolute atomic E-state index is 0.108. The van der Waals surface area contributed by atoms with Crippen LogP contribution in [0.25, 0.3) is 0 Å². The van der Waals surface area contributed by atoms with Crippen LogP contribution in [0.15, 0.2) is 57.2 Å². The molecule has 0 unspecified atom stereocenters. The van der Waals surface area contributed by atoms with Gasteiger partial charge in [0.25, 0.3) is 0 Å². The summed E-state index contributed by atoms with van der Waals surface area (Å²) in [6.07, 6.45) is 1.07. The van der Waals surface area contributed by atoms with Crippen LogP contribution < -0.4 is 10.9 Å². The van der Waals surface area contributed by atoms with E-state index in [9.17, 15) is 18.3 Å². The first-order valence-electron chi connectivity index (χ1n) is 7.19. The number of aryl methyl sites for hydroxylation is 1. The molecule has 0 heterocycles. The van der Waals surface area contributed by atoms with Crippen LogP contribution in [0.3, 0.4) is 0 Å². The largest absolute Gasteiger partial charge is 0.478 e. The molecule has 0 saturated heterocycles. The number of sulfonamides is 1. The molecule has 0 aliphatic carbocycles. The van der Waals surface area contributed by atoms with E-state index in [4.69, 9.17) is 10.9 Å². The Morgan fingerprint density at radius 1 is 1.17 bits per heavy atom. The zero-order valence-electron chi connectivity index (χ0n) is 12.8. The Morgan fingerprint density at radius 2 is 1.83 bits per heavy atom. The summed E-state index contributed by atoms with van der Waals surface area (Å²) >= 11 is 1.25. The van der Waals surface area contributed by atoms with Crippen LogP contribution in [-0.4, -0.2) is 26.0 Å². The molecule has 2 aromatic carbocycles. The molecule has 8 heteroatoms. The summed E-state index contributed by atoms with van der Waals surface area (Å²) in [4.78, 5) is 12.4. The number of carbonyl (C=O) groups is 1. The minimum atomic E-state index is -4.07. The Kier molecular flexibility index (Phi) is 6.00. The second-order valence-electron chi connectivity index (χ2n) is 5.12. The second kappa shape index (κ2) is 7.80. The van der Waals surface area contributed by atoms with Crippen molar-refractivity contribution in [1.29, 1.82) is 0 Å². The van der Waals surface area contributed by atoms with Crippen LogP contribution in [0.1, 0.15) is 22.3 Å². The molecule has 0 amide bonds. The minimum Gasteiger partial charge on any atom is -0.478 e. The normalized spacial score (nSPS) is 11.4. The molecule has 0 fully saturated rings. The zero-order chi connectivity index (χ0) is 17.7. The average molecular weight is 366 g/mol. The van der Waals surface area contributed by atoms with Crippen LogP contribution in [-0.2, 0) is 16.4 Å². The fourth-order valence-corrected chi connectivity index (χ4v) is 4.33. The molecule has 0 saturated carbocycles. The van der Waals surface area contributed by atoms with Gasteiger partial charge in [0.1, 0.15) is 0 Å². The predicted molar refractivity (Wildman–Crippen MR) is 92.7 cm³/mol. The monoisotopic (exact) mass is 366 g/mol. The summed E-state index contributed by atoms with van der Waals surface area (Å²) in [6.45, 7) is 0.414. The molecule has 128 valence electrons. The third kappa shape index (κ3) is 4.57. The standard InChI is InChI=1S/C16H18N2O4S2/c17-8-4-5-11-9-12(16(19)20)10-14(24(18,21)22)15(11)23-13-6-2-1-3-7-13/h1-3,6-7,9-10H,4-5,8,17H2,(H,19,20)(H2,18,21,22). The first-order valence-corrected chi connectivity index (χ1v) is 9.55. The summed E-state index contributed by atoms with van der Waals surface area (Å²) in [5.74, 6) is -1.20. The Hall–Kier alpha value is -1.87. The first kappa shape index (κ1) is 18.5. The molecule has 0 aliphatic rings. The molecule has 0 spiro atoms. The molecule has 24 heavy (non-hydrogen) atoms. The van der Waals surface area contributed by atoms with Crippen molar-refractivity contribution < 1.29 is 18.3 Å². The van der Waals surface area contributed by atoms with E-state index in [1.165, 1.54) is 17.8 Å². The lowest BCUT2D eigenvalue weighted by molar-refractivity contribution is 0.0696. The van der Waals surface area contributed by atoms with Gasteiger partial charge in [-0.25, -0.2) is 18.4 Å². The predicted octanol–water partition coefficient (Wildman–Crippen LogP) is 2.07. The van der Waals surface area contributed by atoms with E-state index in [1.54, 1.807) is 0 Å². The molecule has 2 rings (SSSR count). The topological polar surface area (TPSA) is 123 Å². The number of carboxylic acids is 1. The molecule has 2 aromatic rings. The lowest BCUT2D eigenvalue weighted by atomic mass is 10.1. The summed E-state index contributed by atoms with van der Waals surface area (Å²) in [5.41, 5.74) is 6.04. The van der Waals surface area contributed by atoms with Gasteiger partial charge in [-0.05, 0) is 49.2 Å². The van der Waals surface area contributed by atoms with Crippen molar-refractivity contribution in [3.8, 4) is 0 Å². The second-order valence-corrected chi connectivity index (χ2v) is 7.73. The number of benzene rings is 2. The SMILES string of the molecule is NCCCc1cc(C(=O)O)cc(S(N)(=O)=O)c1Sc1ccccc1. The van der Waals surface area contributed by atoms with Gasteiger partial charge in [-0.3, -0.25) is 0 Å². The van der Waals surface area contributed by atoms with Crippen LogP contribution in [0, 0.1) is 0 Å². The Labute approximate surface area is 144 Å². The molecule has 5 N–H and O–H groups in total. The number of primary sulfonamides is 1. The van der Waals surface area contributed by atoms with E-state index < -0.39 is 16.0 Å². The maximum Gasteiger partial charge on any atom is 0.335 e. The van der Waals surface area contributed by atoms with Gasteiger partial charge in [0.15, 0.2) is 0 Å². The number of hydrogen-bond donors (Lipinski definition) is 3. The van der Waals surface area contributed by atoms with Crippen molar-refractivity contribution in [1.82, 2.24) is 0 Å². The van der Waals surface area contributed by atoms with Crippen molar-refractivity contribution in [2.75, 3.05) is 6.54 Å². The van der Waals surface area contributed by atoms with Gasteiger partial charge in [-0.2, -0.15) is 0 Å². The summed E-state index contributed by atoms with van der Waals surface area (Å²) in [6, 6.07) is 11.8. The lowest BCUT2D eigenvalue weighted by Gasteiger charge is -2.15. The first-order chi connectivity index (χ1) is 11.3. The number of carboxylic acid groups (broad SMARTS) is 1. The van der Waals surface area contributed by atoms with E-state index in [-0.39, 0.29) is 10.5 Å². The zero-order valence-corrected chi connectivity index (χ0v) is 14.4. The maximum atomic E-state index is 12.0. The van der Waals surface area contributed by atoms with Crippen LogP contribution in [0.5, 0.6) is 0 Å². The van der Waals surface area contributed by atoms with Gasteiger partial charge < -0.3 is 10.8 Å². The van der Waals surface area contributed by atoms with E-state index in [2.05, 4.69) is 0 Å². The van der Waals surface area contributed by atoms with Crippen LogP contribution in [0.4, 0.5) is 0 Å². The molecular weight excluding hydrogens is 348 g/mol. The lowest BCUT2D eigenvalue weighted by Crippen LogP contribution is -2.16. The highest BCUT2D eigenvalue weighted by atomic mass is 32.2. The fraction of sp³-hybridized carbons (Fsp3) is 0.188.